The van der Waals surface area contributed by atoms with Crippen LogP contribution in [0.2, 0.25) is 0 Å². The van der Waals surface area contributed by atoms with Crippen molar-refractivity contribution in [3.8, 4) is 11.5 Å². The topological polar surface area (TPSA) is 107 Å². The van der Waals surface area contributed by atoms with Gasteiger partial charge in [-0.05, 0) is 43.9 Å². The van der Waals surface area contributed by atoms with Gasteiger partial charge in [-0.2, -0.15) is 0 Å². The van der Waals surface area contributed by atoms with Gasteiger partial charge in [0.1, 0.15) is 0 Å². The molecule has 2 N–H and O–H groups in total. The van der Waals surface area contributed by atoms with Gasteiger partial charge in [-0.15, -0.1) is 10.2 Å². The number of nitrogens with one attached hydrogen (secondary N) is 2. The third kappa shape index (κ3) is 5.17. The second-order valence-corrected chi connectivity index (χ2v) is 9.06. The van der Waals surface area contributed by atoms with Crippen LogP contribution in [0.25, 0.3) is 0 Å². The second kappa shape index (κ2) is 10.2. The number of nitrogens with zero attached hydrogens (tertiary/aromatic N) is 3. The van der Waals surface area contributed by atoms with Crippen LogP contribution >= 0.6 is 11.8 Å². The summed E-state index contributed by atoms with van der Waals surface area (Å²) in [4.78, 5) is 25.0. The van der Waals surface area contributed by atoms with Gasteiger partial charge in [0.05, 0.1) is 12.3 Å². The highest BCUT2D eigenvalue weighted by molar-refractivity contribution is 7.99. The Bertz CT molecular complexity index is 979. The Morgan fingerprint density at radius 3 is 2.81 bits per heavy atom. The predicted molar refractivity (Wildman–Crippen MR) is 120 cm³/mol. The minimum Gasteiger partial charge on any atom is -0.454 e. The van der Waals surface area contributed by atoms with Crippen LogP contribution in [0.3, 0.4) is 0 Å². The molecule has 0 spiro atoms. The average Bonchev–Trinajstić information content (AvgIpc) is 3.43. The third-order valence-electron chi connectivity index (χ3n) is 5.94. The van der Waals surface area contributed by atoms with Crippen molar-refractivity contribution in [1.82, 2.24) is 25.4 Å². The minimum atomic E-state index is -0.232. The molecule has 0 bridgehead atoms. The fraction of sp³-hybridized carbons (Fsp3) is 0.545. The normalized spacial score (nSPS) is 19.6. The SMILES string of the molecule is CCn1c(CNC(=O)c2ccc3c(c2)OCO3)nnc1SCC(=O)NC1CCCCC1C. The molecule has 4 rings (SSSR count). The highest BCUT2D eigenvalue weighted by Gasteiger charge is 2.23. The summed E-state index contributed by atoms with van der Waals surface area (Å²) in [6, 6.07) is 5.35. The maximum absolute atomic E-state index is 12.5. The van der Waals surface area contributed by atoms with E-state index in [4.69, 9.17) is 9.47 Å². The largest absolute Gasteiger partial charge is 0.454 e. The number of hydrogen-bond donors (Lipinski definition) is 2. The van der Waals surface area contributed by atoms with Gasteiger partial charge in [0.2, 0.25) is 12.7 Å². The number of thioether (sulfide) groups is 1. The van der Waals surface area contributed by atoms with Gasteiger partial charge in [-0.3, -0.25) is 9.59 Å². The van der Waals surface area contributed by atoms with Gasteiger partial charge in [0.15, 0.2) is 22.5 Å². The summed E-state index contributed by atoms with van der Waals surface area (Å²) in [5.74, 6) is 2.46. The van der Waals surface area contributed by atoms with E-state index < -0.39 is 0 Å². The first-order chi connectivity index (χ1) is 15.5. The monoisotopic (exact) mass is 459 g/mol. The molecule has 1 aliphatic heterocycles. The molecule has 2 unspecified atom stereocenters. The van der Waals surface area contributed by atoms with Crippen molar-refractivity contribution in [2.45, 2.75) is 63.8 Å². The quantitative estimate of drug-likeness (QED) is 0.585. The first-order valence-corrected chi connectivity index (χ1v) is 12.1. The summed E-state index contributed by atoms with van der Waals surface area (Å²) < 4.78 is 12.5. The van der Waals surface area contributed by atoms with Crippen LogP contribution in [0.1, 0.15) is 55.7 Å². The van der Waals surface area contributed by atoms with Crippen LogP contribution in [0.4, 0.5) is 0 Å². The third-order valence-corrected chi connectivity index (χ3v) is 6.91. The first-order valence-electron chi connectivity index (χ1n) is 11.1. The van der Waals surface area contributed by atoms with Gasteiger partial charge < -0.3 is 24.7 Å². The zero-order valence-corrected chi connectivity index (χ0v) is 19.2. The van der Waals surface area contributed by atoms with E-state index in [1.165, 1.54) is 31.0 Å². The number of fused-ring (bicyclic) bond motifs is 1. The molecule has 2 amide bonds. The van der Waals surface area contributed by atoms with E-state index in [0.717, 1.165) is 6.42 Å². The fourth-order valence-corrected chi connectivity index (χ4v) is 4.92. The second-order valence-electron chi connectivity index (χ2n) is 8.12. The number of amides is 2. The van der Waals surface area contributed by atoms with Crippen molar-refractivity contribution in [3.05, 3.63) is 29.6 Å². The molecule has 0 saturated heterocycles. The number of hydrogen-bond acceptors (Lipinski definition) is 7. The number of benzene rings is 1. The molecule has 9 nitrogen and oxygen atoms in total. The average molecular weight is 460 g/mol. The number of carbonyl (C=O) groups is 2. The Balaban J connectivity index is 1.30. The fourth-order valence-electron chi connectivity index (χ4n) is 4.08. The van der Waals surface area contributed by atoms with Crippen LogP contribution in [-0.2, 0) is 17.9 Å². The molecule has 0 radical (unpaired) electrons. The molecular weight excluding hydrogens is 430 g/mol. The lowest BCUT2D eigenvalue weighted by Crippen LogP contribution is -2.41. The zero-order valence-electron chi connectivity index (χ0n) is 18.4. The van der Waals surface area contributed by atoms with Gasteiger partial charge in [-0.25, -0.2) is 0 Å². The molecule has 1 aliphatic carbocycles. The number of aromatic nitrogens is 3. The number of ether oxygens (including phenoxy) is 2. The van der Waals surface area contributed by atoms with E-state index in [2.05, 4.69) is 27.8 Å². The predicted octanol–water partition coefficient (Wildman–Crippen LogP) is 2.74. The van der Waals surface area contributed by atoms with E-state index in [1.54, 1.807) is 18.2 Å². The lowest BCUT2D eigenvalue weighted by Gasteiger charge is -2.29. The van der Waals surface area contributed by atoms with Crippen LogP contribution in [0, 0.1) is 5.92 Å². The Morgan fingerprint density at radius 2 is 2.00 bits per heavy atom. The van der Waals surface area contributed by atoms with Gasteiger partial charge in [-0.1, -0.05) is 31.5 Å². The van der Waals surface area contributed by atoms with Crippen LogP contribution < -0.4 is 20.1 Å². The summed E-state index contributed by atoms with van der Waals surface area (Å²) in [5.41, 5.74) is 0.486. The van der Waals surface area contributed by atoms with Crippen LogP contribution in [0.5, 0.6) is 11.5 Å². The maximum Gasteiger partial charge on any atom is 0.251 e. The molecule has 2 aromatic rings. The van der Waals surface area contributed by atoms with E-state index in [1.807, 2.05) is 11.5 Å². The molecule has 10 heteroatoms. The Labute approximate surface area is 191 Å². The minimum absolute atomic E-state index is 0.0251. The van der Waals surface area contributed by atoms with E-state index in [9.17, 15) is 9.59 Å². The number of rotatable bonds is 8. The van der Waals surface area contributed by atoms with E-state index in [-0.39, 0.29) is 31.2 Å². The Hall–Kier alpha value is -2.75. The molecule has 1 aromatic heterocycles. The molecule has 2 atom stereocenters. The van der Waals surface area contributed by atoms with Crippen molar-refractivity contribution in [3.63, 3.8) is 0 Å². The summed E-state index contributed by atoms with van der Waals surface area (Å²) in [7, 11) is 0. The molecule has 2 aliphatic rings. The van der Waals surface area contributed by atoms with Gasteiger partial charge in [0.25, 0.3) is 5.91 Å². The van der Waals surface area contributed by atoms with Crippen molar-refractivity contribution in [2.24, 2.45) is 5.92 Å². The summed E-state index contributed by atoms with van der Waals surface area (Å²) in [6.07, 6.45) is 4.64. The van der Waals surface area contributed by atoms with Crippen molar-refractivity contribution in [1.29, 1.82) is 0 Å². The Kier molecular flexibility index (Phi) is 7.19. The molecule has 1 fully saturated rings. The van der Waals surface area contributed by atoms with Crippen molar-refractivity contribution >= 4 is 23.6 Å². The van der Waals surface area contributed by atoms with Gasteiger partial charge in [0, 0.05) is 18.2 Å². The lowest BCUT2D eigenvalue weighted by molar-refractivity contribution is -0.119. The summed E-state index contributed by atoms with van der Waals surface area (Å²) in [6.45, 7) is 5.24. The van der Waals surface area contributed by atoms with Gasteiger partial charge >= 0.3 is 0 Å². The zero-order chi connectivity index (χ0) is 22.5. The Morgan fingerprint density at radius 1 is 1.19 bits per heavy atom. The standard InChI is InChI=1S/C22H29N5O4S/c1-3-27-19(11-23-21(29)15-8-9-17-18(10-15)31-13-30-17)25-26-22(27)32-12-20(28)24-16-7-5-4-6-14(16)2/h8-10,14,16H,3-7,11-13H2,1-2H3,(H,23,29)(H,24,28). The maximum atomic E-state index is 12.5. The van der Waals surface area contributed by atoms with E-state index in [0.29, 0.717) is 46.3 Å². The highest BCUT2D eigenvalue weighted by Crippen LogP contribution is 2.32. The van der Waals surface area contributed by atoms with Crippen molar-refractivity contribution in [2.75, 3.05) is 12.5 Å². The van der Waals surface area contributed by atoms with Crippen molar-refractivity contribution < 1.29 is 19.1 Å². The molecule has 1 aromatic carbocycles. The molecule has 172 valence electrons. The highest BCUT2D eigenvalue weighted by atomic mass is 32.2. The lowest BCUT2D eigenvalue weighted by atomic mass is 9.86. The molecule has 1 saturated carbocycles. The van der Waals surface area contributed by atoms with E-state index >= 15 is 0 Å². The number of carbonyl (C=O) groups excluding carboxylic acids is 2. The summed E-state index contributed by atoms with van der Waals surface area (Å²) in [5, 5.41) is 15.2. The van der Waals surface area contributed by atoms with Crippen LogP contribution in [0.15, 0.2) is 23.4 Å². The molecule has 32 heavy (non-hydrogen) atoms. The smallest absolute Gasteiger partial charge is 0.251 e. The molecular formula is C22H29N5O4S. The molecule has 2 heterocycles. The summed E-state index contributed by atoms with van der Waals surface area (Å²) >= 11 is 1.37. The van der Waals surface area contributed by atoms with Crippen LogP contribution in [-0.4, -0.2) is 45.2 Å². The first kappa shape index (κ1) is 22.4.